The number of hydrogen-bond donors (Lipinski definition) is 1. The van der Waals surface area contributed by atoms with Gasteiger partial charge in [0.1, 0.15) is 0 Å². The van der Waals surface area contributed by atoms with Crippen LogP contribution in [0.2, 0.25) is 5.02 Å². The van der Waals surface area contributed by atoms with E-state index in [-0.39, 0.29) is 5.56 Å². The summed E-state index contributed by atoms with van der Waals surface area (Å²) in [5.74, 6) is -0.221. The van der Waals surface area contributed by atoms with Crippen molar-refractivity contribution in [3.63, 3.8) is 0 Å². The monoisotopic (exact) mass is 281 g/mol. The number of piperidine rings is 1. The number of halogens is 1. The number of rotatable bonds is 3. The Bertz CT molecular complexity index is 475. The Morgan fingerprint density at radius 1 is 1.42 bits per heavy atom. The van der Waals surface area contributed by atoms with Crippen molar-refractivity contribution in [2.45, 2.75) is 39.3 Å². The zero-order valence-corrected chi connectivity index (χ0v) is 12.2. The van der Waals surface area contributed by atoms with Crippen LogP contribution in [0.1, 0.15) is 42.6 Å². The molecule has 0 radical (unpaired) electrons. The van der Waals surface area contributed by atoms with Gasteiger partial charge in [-0.3, -0.25) is 4.90 Å². The van der Waals surface area contributed by atoms with Crippen LogP contribution in [-0.2, 0) is 6.54 Å². The van der Waals surface area contributed by atoms with Gasteiger partial charge in [0, 0.05) is 24.2 Å². The van der Waals surface area contributed by atoms with Crippen LogP contribution in [0.3, 0.4) is 0 Å². The highest BCUT2D eigenvalue weighted by molar-refractivity contribution is 6.31. The quantitative estimate of drug-likeness (QED) is 0.919. The first-order valence-corrected chi connectivity index (χ1v) is 7.11. The standard InChI is InChI=1S/C15H20ClNO2/c1-10-3-4-11(2)17(8-10)9-13-6-5-12(15(18)19)7-14(13)16/h5-7,10-11H,3-4,8-9H2,1-2H3,(H,18,19). The number of carboxylic acid groups (broad SMARTS) is 1. The van der Waals surface area contributed by atoms with Crippen LogP contribution >= 0.6 is 11.6 Å². The fourth-order valence-electron chi connectivity index (χ4n) is 2.63. The first-order valence-electron chi connectivity index (χ1n) is 6.73. The number of carbonyl (C=O) groups is 1. The normalized spacial score (nSPS) is 24.4. The second-order valence-corrected chi connectivity index (χ2v) is 5.98. The minimum atomic E-state index is -0.937. The lowest BCUT2D eigenvalue weighted by Gasteiger charge is -2.37. The lowest BCUT2D eigenvalue weighted by atomic mass is 9.94. The highest BCUT2D eigenvalue weighted by Gasteiger charge is 2.23. The van der Waals surface area contributed by atoms with Crippen LogP contribution in [0, 0.1) is 5.92 Å². The van der Waals surface area contributed by atoms with E-state index in [1.807, 2.05) is 6.07 Å². The van der Waals surface area contributed by atoms with Crippen molar-refractivity contribution in [3.8, 4) is 0 Å². The second-order valence-electron chi connectivity index (χ2n) is 5.57. The maximum Gasteiger partial charge on any atom is 0.335 e. The molecule has 1 saturated heterocycles. The van der Waals surface area contributed by atoms with Gasteiger partial charge in [0.2, 0.25) is 0 Å². The third-order valence-corrected chi connectivity index (χ3v) is 4.27. The summed E-state index contributed by atoms with van der Waals surface area (Å²) >= 11 is 6.19. The molecular formula is C15H20ClNO2. The summed E-state index contributed by atoms with van der Waals surface area (Å²) < 4.78 is 0. The largest absolute Gasteiger partial charge is 0.478 e. The summed E-state index contributed by atoms with van der Waals surface area (Å²) in [5.41, 5.74) is 1.25. The number of nitrogens with zero attached hydrogens (tertiary/aromatic N) is 1. The van der Waals surface area contributed by atoms with Gasteiger partial charge in [-0.25, -0.2) is 4.79 Å². The Hall–Kier alpha value is -1.06. The molecule has 19 heavy (non-hydrogen) atoms. The van der Waals surface area contributed by atoms with Crippen molar-refractivity contribution in [1.82, 2.24) is 4.90 Å². The number of hydrogen-bond acceptors (Lipinski definition) is 2. The summed E-state index contributed by atoms with van der Waals surface area (Å²) in [4.78, 5) is 13.3. The Kier molecular flexibility index (Phi) is 4.48. The van der Waals surface area contributed by atoms with Gasteiger partial charge in [-0.2, -0.15) is 0 Å². The molecule has 0 saturated carbocycles. The van der Waals surface area contributed by atoms with Crippen molar-refractivity contribution in [2.75, 3.05) is 6.54 Å². The van der Waals surface area contributed by atoms with E-state index in [0.717, 1.165) is 18.7 Å². The maximum absolute atomic E-state index is 10.9. The smallest absolute Gasteiger partial charge is 0.335 e. The van der Waals surface area contributed by atoms with E-state index in [1.54, 1.807) is 6.07 Å². The van der Waals surface area contributed by atoms with E-state index in [2.05, 4.69) is 18.7 Å². The molecule has 1 aromatic rings. The summed E-state index contributed by atoms with van der Waals surface area (Å²) in [7, 11) is 0. The van der Waals surface area contributed by atoms with E-state index < -0.39 is 5.97 Å². The van der Waals surface area contributed by atoms with E-state index in [0.29, 0.717) is 17.0 Å². The molecule has 0 spiro atoms. The molecule has 0 bridgehead atoms. The van der Waals surface area contributed by atoms with Gasteiger partial charge >= 0.3 is 5.97 Å². The minimum absolute atomic E-state index is 0.244. The van der Waals surface area contributed by atoms with Gasteiger partial charge in [0.15, 0.2) is 0 Å². The van der Waals surface area contributed by atoms with Crippen LogP contribution in [0.4, 0.5) is 0 Å². The maximum atomic E-state index is 10.9. The van der Waals surface area contributed by atoms with Crippen molar-refractivity contribution in [1.29, 1.82) is 0 Å². The molecule has 3 nitrogen and oxygen atoms in total. The predicted octanol–water partition coefficient (Wildman–Crippen LogP) is 3.66. The molecule has 2 unspecified atom stereocenters. The average molecular weight is 282 g/mol. The number of aromatic carboxylic acids is 1. The molecule has 1 N–H and O–H groups in total. The van der Waals surface area contributed by atoms with Gasteiger partial charge in [-0.1, -0.05) is 24.6 Å². The zero-order valence-electron chi connectivity index (χ0n) is 11.4. The van der Waals surface area contributed by atoms with E-state index >= 15 is 0 Å². The summed E-state index contributed by atoms with van der Waals surface area (Å²) in [6.07, 6.45) is 2.50. The molecule has 104 valence electrons. The van der Waals surface area contributed by atoms with Crippen molar-refractivity contribution >= 4 is 17.6 Å². The van der Waals surface area contributed by atoms with Crippen LogP contribution in [0.15, 0.2) is 18.2 Å². The molecule has 1 aliphatic rings. The number of carboxylic acids is 1. The summed E-state index contributed by atoms with van der Waals surface area (Å²) in [5, 5.41) is 9.48. The SMILES string of the molecule is CC1CCC(C)N(Cc2ccc(C(=O)O)cc2Cl)C1. The first kappa shape index (κ1) is 14.4. The topological polar surface area (TPSA) is 40.5 Å². The second kappa shape index (κ2) is 5.93. The molecule has 1 aliphatic heterocycles. The third-order valence-electron chi connectivity index (χ3n) is 3.92. The number of likely N-dealkylation sites (tertiary alicyclic amines) is 1. The van der Waals surface area contributed by atoms with Crippen molar-refractivity contribution < 1.29 is 9.90 Å². The van der Waals surface area contributed by atoms with Gasteiger partial charge in [-0.15, -0.1) is 0 Å². The highest BCUT2D eigenvalue weighted by Crippen LogP contribution is 2.26. The lowest BCUT2D eigenvalue weighted by molar-refractivity contribution is 0.0697. The molecule has 1 fully saturated rings. The molecule has 0 amide bonds. The molecule has 0 aromatic heterocycles. The molecular weight excluding hydrogens is 262 g/mol. The molecule has 0 aliphatic carbocycles. The molecule has 4 heteroatoms. The van der Waals surface area contributed by atoms with Gasteiger partial charge in [-0.05, 0) is 43.4 Å². The van der Waals surface area contributed by atoms with E-state index in [9.17, 15) is 4.79 Å². The number of benzene rings is 1. The van der Waals surface area contributed by atoms with Crippen LogP contribution < -0.4 is 0 Å². The summed E-state index contributed by atoms with van der Waals surface area (Å²) in [6, 6.07) is 5.56. The Labute approximate surface area is 119 Å². The van der Waals surface area contributed by atoms with E-state index in [4.69, 9.17) is 16.7 Å². The molecule has 2 rings (SSSR count). The third kappa shape index (κ3) is 3.48. The van der Waals surface area contributed by atoms with Crippen molar-refractivity contribution in [3.05, 3.63) is 34.3 Å². The molecule has 1 aromatic carbocycles. The molecule has 2 atom stereocenters. The minimum Gasteiger partial charge on any atom is -0.478 e. The van der Waals surface area contributed by atoms with Gasteiger partial charge in [0.25, 0.3) is 0 Å². The fraction of sp³-hybridized carbons (Fsp3) is 0.533. The van der Waals surface area contributed by atoms with Gasteiger partial charge < -0.3 is 5.11 Å². The van der Waals surface area contributed by atoms with Crippen LogP contribution in [0.25, 0.3) is 0 Å². The highest BCUT2D eigenvalue weighted by atomic mass is 35.5. The fourth-order valence-corrected chi connectivity index (χ4v) is 2.87. The first-order chi connectivity index (χ1) is 8.97. The Morgan fingerprint density at radius 2 is 2.16 bits per heavy atom. The van der Waals surface area contributed by atoms with E-state index in [1.165, 1.54) is 18.9 Å². The lowest BCUT2D eigenvalue weighted by Crippen LogP contribution is -2.40. The Morgan fingerprint density at radius 3 is 2.79 bits per heavy atom. The molecule has 1 heterocycles. The van der Waals surface area contributed by atoms with Gasteiger partial charge in [0.05, 0.1) is 5.56 Å². The predicted molar refractivity (Wildman–Crippen MR) is 76.7 cm³/mol. The summed E-state index contributed by atoms with van der Waals surface area (Å²) in [6.45, 7) is 6.39. The zero-order chi connectivity index (χ0) is 14.0. The van der Waals surface area contributed by atoms with Crippen LogP contribution in [0.5, 0.6) is 0 Å². The van der Waals surface area contributed by atoms with Crippen molar-refractivity contribution in [2.24, 2.45) is 5.92 Å². The Balaban J connectivity index is 2.12. The van der Waals surface area contributed by atoms with Crippen LogP contribution in [-0.4, -0.2) is 28.6 Å². The average Bonchev–Trinajstić information content (AvgIpc) is 2.36.